The maximum Gasteiger partial charge on any atom is 0.0639 e. The predicted octanol–water partition coefficient (Wildman–Crippen LogP) is 0.428. The molecular weight excluding hydrogens is 176 g/mol. The number of nitrogens with two attached hydrogens (primary N) is 1. The van der Waals surface area contributed by atoms with Crippen molar-refractivity contribution in [3.63, 3.8) is 0 Å². The van der Waals surface area contributed by atoms with Crippen LogP contribution in [0.25, 0.3) is 0 Å². The zero-order valence-electron chi connectivity index (χ0n) is 9.08. The zero-order valence-corrected chi connectivity index (χ0v) is 9.08. The summed E-state index contributed by atoms with van der Waals surface area (Å²) in [6.07, 6.45) is 3.78. The van der Waals surface area contributed by atoms with Crippen LogP contribution in [-0.4, -0.2) is 42.3 Å². The number of rotatable bonds is 3. The summed E-state index contributed by atoms with van der Waals surface area (Å²) >= 11 is 0. The lowest BCUT2D eigenvalue weighted by atomic mass is 9.81. The Morgan fingerprint density at radius 2 is 2.43 bits per heavy atom. The lowest BCUT2D eigenvalue weighted by molar-refractivity contribution is 0.131. The maximum absolute atomic E-state index is 9.36. The number of fused-ring (bicyclic) bond motifs is 1. The minimum absolute atomic E-state index is 0.205. The van der Waals surface area contributed by atoms with Gasteiger partial charge in [0.25, 0.3) is 0 Å². The molecule has 3 atom stereocenters. The molecule has 3 heteroatoms. The van der Waals surface area contributed by atoms with E-state index in [1.54, 1.807) is 0 Å². The third-order valence-electron chi connectivity index (χ3n) is 4.04. The van der Waals surface area contributed by atoms with Gasteiger partial charge in [0.05, 0.1) is 6.10 Å². The van der Waals surface area contributed by atoms with Crippen LogP contribution in [-0.2, 0) is 0 Å². The summed E-state index contributed by atoms with van der Waals surface area (Å²) in [4.78, 5) is 2.39. The fourth-order valence-corrected chi connectivity index (χ4v) is 3.37. The number of nitrogens with zero attached hydrogens (tertiary/aromatic N) is 1. The molecule has 2 rings (SSSR count). The predicted molar refractivity (Wildman–Crippen MR) is 56.9 cm³/mol. The van der Waals surface area contributed by atoms with Crippen molar-refractivity contribution in [3.8, 4) is 0 Å². The van der Waals surface area contributed by atoms with Gasteiger partial charge in [-0.25, -0.2) is 0 Å². The van der Waals surface area contributed by atoms with E-state index in [4.69, 9.17) is 5.73 Å². The van der Waals surface area contributed by atoms with Gasteiger partial charge in [0.15, 0.2) is 0 Å². The van der Waals surface area contributed by atoms with Crippen LogP contribution in [0.5, 0.6) is 0 Å². The molecule has 3 N–H and O–H groups in total. The van der Waals surface area contributed by atoms with Crippen LogP contribution in [0.15, 0.2) is 0 Å². The van der Waals surface area contributed by atoms with Gasteiger partial charge in [-0.3, -0.25) is 4.90 Å². The molecule has 1 aliphatic carbocycles. The Balaban J connectivity index is 1.98. The second kappa shape index (κ2) is 3.80. The highest BCUT2D eigenvalue weighted by Crippen LogP contribution is 2.47. The van der Waals surface area contributed by atoms with Crippen molar-refractivity contribution >= 4 is 0 Å². The summed E-state index contributed by atoms with van der Waals surface area (Å²) in [6.45, 7) is 5.77. The molecule has 1 unspecified atom stereocenters. The van der Waals surface area contributed by atoms with Crippen LogP contribution in [0.4, 0.5) is 0 Å². The van der Waals surface area contributed by atoms with Crippen LogP contribution in [0.1, 0.15) is 26.2 Å². The first kappa shape index (κ1) is 10.4. The lowest BCUT2D eigenvalue weighted by Gasteiger charge is -2.27. The largest absolute Gasteiger partial charge is 0.392 e. The fraction of sp³-hybridized carbons (Fsp3) is 1.00. The van der Waals surface area contributed by atoms with Gasteiger partial charge < -0.3 is 10.8 Å². The number of hydrogen-bond donors (Lipinski definition) is 2. The van der Waals surface area contributed by atoms with Gasteiger partial charge in [-0.1, -0.05) is 6.42 Å². The van der Waals surface area contributed by atoms with Crippen LogP contribution >= 0.6 is 0 Å². The van der Waals surface area contributed by atoms with Crippen molar-refractivity contribution in [1.29, 1.82) is 0 Å². The number of hydrogen-bond acceptors (Lipinski definition) is 3. The van der Waals surface area contributed by atoms with E-state index in [0.717, 1.165) is 32.1 Å². The van der Waals surface area contributed by atoms with Crippen molar-refractivity contribution < 1.29 is 5.11 Å². The smallest absolute Gasteiger partial charge is 0.0639 e. The van der Waals surface area contributed by atoms with Crippen molar-refractivity contribution in [2.24, 2.45) is 17.1 Å². The summed E-state index contributed by atoms with van der Waals surface area (Å²) in [7, 11) is 0. The van der Waals surface area contributed by atoms with Gasteiger partial charge in [0, 0.05) is 19.6 Å². The maximum atomic E-state index is 9.36. The lowest BCUT2D eigenvalue weighted by Crippen LogP contribution is -2.36. The zero-order chi connectivity index (χ0) is 10.2. The SMILES string of the molecule is CC(O)CN1C[C@@H]2CCC[C@]2(CN)C1. The quantitative estimate of drug-likeness (QED) is 0.691. The summed E-state index contributed by atoms with van der Waals surface area (Å²) in [5.41, 5.74) is 6.31. The Bertz CT molecular complexity index is 207. The summed E-state index contributed by atoms with van der Waals surface area (Å²) < 4.78 is 0. The third kappa shape index (κ3) is 1.69. The van der Waals surface area contributed by atoms with Crippen molar-refractivity contribution in [2.75, 3.05) is 26.2 Å². The van der Waals surface area contributed by atoms with Crippen molar-refractivity contribution in [1.82, 2.24) is 4.90 Å². The van der Waals surface area contributed by atoms with Crippen LogP contribution in [0.2, 0.25) is 0 Å². The Kier molecular flexibility index (Phi) is 2.82. The summed E-state index contributed by atoms with van der Waals surface area (Å²) in [6, 6.07) is 0. The van der Waals surface area contributed by atoms with E-state index in [0.29, 0.717) is 5.41 Å². The van der Waals surface area contributed by atoms with E-state index in [2.05, 4.69) is 4.90 Å². The van der Waals surface area contributed by atoms with E-state index >= 15 is 0 Å². The number of likely N-dealkylation sites (tertiary alicyclic amines) is 1. The molecule has 2 aliphatic rings. The first-order valence-corrected chi connectivity index (χ1v) is 5.77. The number of β-amino-alcohol motifs (C(OH)–C–C–N with tert-alkyl or cyclic N) is 1. The van der Waals surface area contributed by atoms with E-state index in [1.165, 1.54) is 19.3 Å². The van der Waals surface area contributed by atoms with Crippen LogP contribution in [0, 0.1) is 11.3 Å². The van der Waals surface area contributed by atoms with Gasteiger partial charge in [0.2, 0.25) is 0 Å². The molecule has 1 saturated carbocycles. The van der Waals surface area contributed by atoms with Crippen LogP contribution in [0.3, 0.4) is 0 Å². The molecule has 14 heavy (non-hydrogen) atoms. The normalized spacial score (nSPS) is 40.1. The second-order valence-electron chi connectivity index (χ2n) is 5.20. The Morgan fingerprint density at radius 1 is 1.64 bits per heavy atom. The van der Waals surface area contributed by atoms with Gasteiger partial charge >= 0.3 is 0 Å². The minimum atomic E-state index is -0.205. The molecule has 1 saturated heterocycles. The highest BCUT2D eigenvalue weighted by atomic mass is 16.3. The van der Waals surface area contributed by atoms with Crippen molar-refractivity contribution in [3.05, 3.63) is 0 Å². The Morgan fingerprint density at radius 3 is 3.00 bits per heavy atom. The number of aliphatic hydroxyl groups is 1. The van der Waals surface area contributed by atoms with E-state index in [-0.39, 0.29) is 6.10 Å². The van der Waals surface area contributed by atoms with E-state index in [9.17, 15) is 5.11 Å². The van der Waals surface area contributed by atoms with Gasteiger partial charge in [-0.05, 0) is 37.6 Å². The standard InChI is InChI=1S/C11H22N2O/c1-9(14)5-13-6-10-3-2-4-11(10,7-12)8-13/h9-10,14H,2-8,12H2,1H3/t9?,10-,11-/m0/s1. The average molecular weight is 198 g/mol. The molecule has 0 radical (unpaired) electrons. The molecule has 0 aromatic carbocycles. The van der Waals surface area contributed by atoms with Gasteiger partial charge in [0.1, 0.15) is 0 Å². The molecule has 3 nitrogen and oxygen atoms in total. The molecule has 0 spiro atoms. The third-order valence-corrected chi connectivity index (χ3v) is 4.04. The average Bonchev–Trinajstić information content (AvgIpc) is 2.59. The van der Waals surface area contributed by atoms with E-state index < -0.39 is 0 Å². The van der Waals surface area contributed by atoms with Crippen LogP contribution < -0.4 is 5.73 Å². The minimum Gasteiger partial charge on any atom is -0.392 e. The second-order valence-corrected chi connectivity index (χ2v) is 5.20. The molecule has 1 aliphatic heterocycles. The van der Waals surface area contributed by atoms with Crippen molar-refractivity contribution in [2.45, 2.75) is 32.3 Å². The first-order valence-electron chi connectivity index (χ1n) is 5.77. The molecule has 0 bridgehead atoms. The molecule has 1 heterocycles. The first-order chi connectivity index (χ1) is 6.66. The molecule has 2 fully saturated rings. The highest BCUT2D eigenvalue weighted by Gasteiger charge is 2.48. The topological polar surface area (TPSA) is 49.5 Å². The fourth-order valence-electron chi connectivity index (χ4n) is 3.37. The monoisotopic (exact) mass is 198 g/mol. The molecular formula is C11H22N2O. The van der Waals surface area contributed by atoms with Gasteiger partial charge in [-0.2, -0.15) is 0 Å². The molecule has 0 aromatic rings. The highest BCUT2D eigenvalue weighted by molar-refractivity contribution is 5.01. The summed E-state index contributed by atoms with van der Waals surface area (Å²) in [5.74, 6) is 0.797. The van der Waals surface area contributed by atoms with Gasteiger partial charge in [-0.15, -0.1) is 0 Å². The molecule has 0 amide bonds. The molecule has 0 aromatic heterocycles. The summed E-state index contributed by atoms with van der Waals surface area (Å²) in [5, 5.41) is 9.36. The van der Waals surface area contributed by atoms with E-state index in [1.807, 2.05) is 6.92 Å². The molecule has 82 valence electrons. The number of aliphatic hydroxyl groups excluding tert-OH is 1. The Hall–Kier alpha value is -0.120. The Labute approximate surface area is 86.3 Å².